The normalized spacial score (nSPS) is 10.0. The number of nitro benzene ring substituents is 1. The van der Waals surface area contributed by atoms with Crippen LogP contribution < -0.4 is 0 Å². The summed E-state index contributed by atoms with van der Waals surface area (Å²) >= 11 is 0. The molecule has 0 aliphatic carbocycles. The van der Waals surface area contributed by atoms with Gasteiger partial charge in [-0.05, 0) is 17.2 Å². The first-order valence-corrected chi connectivity index (χ1v) is 7.65. The second kappa shape index (κ2) is 6.87. The zero-order valence-electron chi connectivity index (χ0n) is 13.7. The van der Waals surface area contributed by atoms with Crippen molar-refractivity contribution in [3.05, 3.63) is 87.5 Å². The van der Waals surface area contributed by atoms with E-state index < -0.39 is 22.1 Å². The van der Waals surface area contributed by atoms with E-state index in [1.54, 1.807) is 36.4 Å². The number of hydrogen-bond donors (Lipinski definition) is 2. The third-order valence-electron chi connectivity index (χ3n) is 4.03. The smallest absolute Gasteiger partial charge is 0.323 e. The molecule has 7 heteroatoms. The van der Waals surface area contributed by atoms with Crippen LogP contribution in [0.2, 0.25) is 0 Å². The van der Waals surface area contributed by atoms with Crippen LogP contribution in [0.15, 0.2) is 54.6 Å². The first-order valence-electron chi connectivity index (χ1n) is 7.65. The molecule has 27 heavy (non-hydrogen) atoms. The van der Waals surface area contributed by atoms with Gasteiger partial charge in [0, 0.05) is 5.56 Å². The maximum absolute atomic E-state index is 11.6. The van der Waals surface area contributed by atoms with Crippen LogP contribution in [0.4, 0.5) is 17.1 Å². The first-order chi connectivity index (χ1) is 13.0. The lowest BCUT2D eigenvalue weighted by atomic mass is 9.92. The van der Waals surface area contributed by atoms with Crippen molar-refractivity contribution in [2.24, 2.45) is 0 Å². The van der Waals surface area contributed by atoms with Gasteiger partial charge in [-0.1, -0.05) is 48.5 Å². The van der Waals surface area contributed by atoms with Crippen molar-refractivity contribution in [1.82, 2.24) is 0 Å². The van der Waals surface area contributed by atoms with Crippen LogP contribution >= 0.6 is 0 Å². The second-order valence-electron chi connectivity index (χ2n) is 5.59. The van der Waals surface area contributed by atoms with Gasteiger partial charge in [0.05, 0.1) is 23.6 Å². The molecular formula is C20H11N3O4. The number of nitro groups is 1. The van der Waals surface area contributed by atoms with Gasteiger partial charge in [0.15, 0.2) is 17.1 Å². The van der Waals surface area contributed by atoms with Gasteiger partial charge in [-0.2, -0.15) is 0 Å². The van der Waals surface area contributed by atoms with Crippen LogP contribution in [0.5, 0.6) is 11.5 Å². The fourth-order valence-corrected chi connectivity index (χ4v) is 2.76. The quantitative estimate of drug-likeness (QED) is 0.282. The average Bonchev–Trinajstić information content (AvgIpc) is 2.69. The Bertz CT molecular complexity index is 1120. The van der Waals surface area contributed by atoms with Gasteiger partial charge < -0.3 is 10.2 Å². The van der Waals surface area contributed by atoms with Crippen LogP contribution in [-0.4, -0.2) is 15.1 Å². The van der Waals surface area contributed by atoms with Crippen LogP contribution in [0, 0.1) is 23.3 Å². The van der Waals surface area contributed by atoms with E-state index in [-0.39, 0.29) is 5.56 Å². The second-order valence-corrected chi connectivity index (χ2v) is 5.59. The van der Waals surface area contributed by atoms with E-state index in [2.05, 4.69) is 9.69 Å². The molecule has 7 nitrogen and oxygen atoms in total. The van der Waals surface area contributed by atoms with E-state index in [4.69, 9.17) is 13.1 Å². The maximum Gasteiger partial charge on any atom is 0.323 e. The van der Waals surface area contributed by atoms with Crippen molar-refractivity contribution in [2.45, 2.75) is 0 Å². The number of hydrogen-bond acceptors (Lipinski definition) is 4. The van der Waals surface area contributed by atoms with E-state index in [9.17, 15) is 20.3 Å². The summed E-state index contributed by atoms with van der Waals surface area (Å²) in [5, 5.41) is 31.7. The summed E-state index contributed by atoms with van der Waals surface area (Å²) in [4.78, 5) is 17.5. The molecule has 0 amide bonds. The molecule has 130 valence electrons. The molecule has 3 aromatic carbocycles. The van der Waals surface area contributed by atoms with Gasteiger partial charge in [-0.3, -0.25) is 10.1 Å². The highest BCUT2D eigenvalue weighted by molar-refractivity contribution is 5.93. The van der Waals surface area contributed by atoms with Crippen molar-refractivity contribution in [1.29, 1.82) is 0 Å². The zero-order chi connectivity index (χ0) is 19.6. The van der Waals surface area contributed by atoms with E-state index in [0.717, 1.165) is 0 Å². The van der Waals surface area contributed by atoms with Gasteiger partial charge >= 0.3 is 5.69 Å². The van der Waals surface area contributed by atoms with Crippen molar-refractivity contribution >= 4 is 17.1 Å². The number of rotatable bonds is 3. The fraction of sp³-hybridized carbons (Fsp3) is 0. The highest BCUT2D eigenvalue weighted by Gasteiger charge is 2.28. The molecule has 0 saturated carbocycles. The van der Waals surface area contributed by atoms with Crippen LogP contribution in [0.1, 0.15) is 0 Å². The summed E-state index contributed by atoms with van der Waals surface area (Å²) in [7, 11) is 0. The van der Waals surface area contributed by atoms with Gasteiger partial charge in [0.1, 0.15) is 0 Å². The lowest BCUT2D eigenvalue weighted by Gasteiger charge is -2.13. The molecule has 0 saturated heterocycles. The third kappa shape index (κ3) is 3.13. The molecule has 3 rings (SSSR count). The van der Waals surface area contributed by atoms with Crippen LogP contribution in [0.25, 0.3) is 31.9 Å². The standard InChI is InChI=1S/C20H11N3O4/c1-21-14-7-3-12(4-8-14)16-11-17(24)20(25)19(23(26)27)18(16)13-5-9-15(22-2)10-6-13/h3-11,24-25H. The molecule has 0 spiro atoms. The molecule has 0 aromatic heterocycles. The van der Waals surface area contributed by atoms with E-state index in [1.807, 2.05) is 0 Å². The Hall–Kier alpha value is -4.36. The Morgan fingerprint density at radius 3 is 1.78 bits per heavy atom. The minimum absolute atomic E-state index is 0.113. The largest absolute Gasteiger partial charge is 0.504 e. The van der Waals surface area contributed by atoms with Crippen LogP contribution in [-0.2, 0) is 0 Å². The van der Waals surface area contributed by atoms with Gasteiger partial charge in [0.25, 0.3) is 0 Å². The molecule has 0 fully saturated rings. The molecule has 3 aromatic rings. The van der Waals surface area contributed by atoms with Crippen molar-refractivity contribution in [3.63, 3.8) is 0 Å². The third-order valence-corrected chi connectivity index (χ3v) is 4.03. The summed E-state index contributed by atoms with van der Waals surface area (Å²) in [5.41, 5.74) is 1.52. The Morgan fingerprint density at radius 1 is 0.852 bits per heavy atom. The fourth-order valence-electron chi connectivity index (χ4n) is 2.76. The van der Waals surface area contributed by atoms with E-state index in [1.165, 1.54) is 18.2 Å². The predicted octanol–water partition coefficient (Wildman–Crippen LogP) is 5.44. The number of benzene rings is 3. The minimum Gasteiger partial charge on any atom is -0.504 e. The summed E-state index contributed by atoms with van der Waals surface area (Å²) < 4.78 is 0. The number of aromatic hydroxyl groups is 2. The summed E-state index contributed by atoms with van der Waals surface area (Å²) in [6.07, 6.45) is 0. The minimum atomic E-state index is -0.828. The van der Waals surface area contributed by atoms with Gasteiger partial charge in [-0.25, -0.2) is 9.69 Å². The first kappa shape index (κ1) is 17.5. The molecule has 0 aliphatic heterocycles. The highest BCUT2D eigenvalue weighted by Crippen LogP contribution is 2.49. The summed E-state index contributed by atoms with van der Waals surface area (Å²) in [5.74, 6) is -1.45. The molecular weight excluding hydrogens is 346 g/mol. The molecule has 0 radical (unpaired) electrons. The summed E-state index contributed by atoms with van der Waals surface area (Å²) in [6.45, 7) is 14.1. The van der Waals surface area contributed by atoms with E-state index in [0.29, 0.717) is 28.1 Å². The van der Waals surface area contributed by atoms with Crippen molar-refractivity contribution < 1.29 is 15.1 Å². The Balaban J connectivity index is 2.36. The predicted molar refractivity (Wildman–Crippen MR) is 99.8 cm³/mol. The Kier molecular flexibility index (Phi) is 4.44. The average molecular weight is 357 g/mol. The lowest BCUT2D eigenvalue weighted by molar-refractivity contribution is -0.385. The number of nitrogens with zero attached hydrogens (tertiary/aromatic N) is 3. The summed E-state index contributed by atoms with van der Waals surface area (Å²) in [6, 6.07) is 13.7. The monoisotopic (exact) mass is 357 g/mol. The molecule has 0 heterocycles. The van der Waals surface area contributed by atoms with Crippen LogP contribution in [0.3, 0.4) is 0 Å². The Labute approximate surface area is 154 Å². The topological polar surface area (TPSA) is 92.3 Å². The molecule has 0 bridgehead atoms. The molecule has 0 unspecified atom stereocenters. The highest BCUT2D eigenvalue weighted by atomic mass is 16.6. The molecule has 2 N–H and O–H groups in total. The lowest BCUT2D eigenvalue weighted by Crippen LogP contribution is -1.96. The molecule has 0 aliphatic rings. The van der Waals surface area contributed by atoms with E-state index >= 15 is 0 Å². The SMILES string of the molecule is [C-]#[N+]c1ccc(-c2cc(O)c(O)c([N+](=O)[O-])c2-c2ccc([N+]#[C-])cc2)cc1. The van der Waals surface area contributed by atoms with Gasteiger partial charge in [0.2, 0.25) is 5.75 Å². The van der Waals surface area contributed by atoms with Gasteiger partial charge in [-0.15, -0.1) is 0 Å². The van der Waals surface area contributed by atoms with Crippen molar-refractivity contribution in [3.8, 4) is 33.8 Å². The number of phenols is 2. The van der Waals surface area contributed by atoms with Crippen molar-refractivity contribution in [2.75, 3.05) is 0 Å². The maximum atomic E-state index is 11.6. The molecule has 0 atom stereocenters. The number of phenolic OH excluding ortho intramolecular Hbond substituents is 2. The Morgan fingerprint density at radius 2 is 1.33 bits per heavy atom. The zero-order valence-corrected chi connectivity index (χ0v) is 13.7.